The van der Waals surface area contributed by atoms with Crippen molar-refractivity contribution >= 4 is 16.7 Å². The van der Waals surface area contributed by atoms with Gasteiger partial charge in [-0.3, -0.25) is 4.40 Å². The molecule has 8 heteroatoms. The van der Waals surface area contributed by atoms with Gasteiger partial charge in [0.1, 0.15) is 6.33 Å². The molecule has 3 heterocycles. The summed E-state index contributed by atoms with van der Waals surface area (Å²) in [5.74, 6) is 1.96. The molecule has 0 radical (unpaired) electrons. The normalized spacial score (nSPS) is 11.2. The molecule has 0 aliphatic heterocycles. The second kappa shape index (κ2) is 6.90. The molecule has 0 atom stereocenters. The predicted octanol–water partition coefficient (Wildman–Crippen LogP) is 3.21. The van der Waals surface area contributed by atoms with Crippen LogP contribution < -0.4 is 9.47 Å². The lowest BCUT2D eigenvalue weighted by Gasteiger charge is -2.08. The predicted molar refractivity (Wildman–Crippen MR) is 108 cm³/mol. The second-order valence-electron chi connectivity index (χ2n) is 6.56. The summed E-state index contributed by atoms with van der Waals surface area (Å²) in [6.45, 7) is 0.643. The average molecular weight is 386 g/mol. The van der Waals surface area contributed by atoms with Crippen molar-refractivity contribution in [2.75, 3.05) is 14.2 Å². The van der Waals surface area contributed by atoms with E-state index in [0.29, 0.717) is 29.5 Å². The van der Waals surface area contributed by atoms with E-state index in [1.807, 2.05) is 45.5 Å². The summed E-state index contributed by atoms with van der Waals surface area (Å²) >= 11 is 0. The number of nitrogens with zero attached hydrogens (tertiary/aromatic N) is 6. The van der Waals surface area contributed by atoms with Gasteiger partial charge >= 0.3 is 0 Å². The van der Waals surface area contributed by atoms with Crippen LogP contribution in [0.3, 0.4) is 0 Å². The summed E-state index contributed by atoms with van der Waals surface area (Å²) in [6.07, 6.45) is 3.51. The molecule has 0 aliphatic rings. The minimum absolute atomic E-state index is 0.631. The lowest BCUT2D eigenvalue weighted by molar-refractivity contribution is 0.355. The van der Waals surface area contributed by atoms with Gasteiger partial charge in [0.05, 0.1) is 32.3 Å². The molecule has 0 spiro atoms. The van der Waals surface area contributed by atoms with Crippen LogP contribution in [0.5, 0.6) is 11.5 Å². The molecule has 144 valence electrons. The van der Waals surface area contributed by atoms with E-state index in [1.165, 1.54) is 0 Å². The highest BCUT2D eigenvalue weighted by molar-refractivity contribution is 5.89. The van der Waals surface area contributed by atoms with Crippen molar-refractivity contribution in [3.05, 3.63) is 66.6 Å². The van der Waals surface area contributed by atoms with Gasteiger partial charge in [-0.15, -0.1) is 10.2 Å². The zero-order chi connectivity index (χ0) is 19.8. The first-order chi connectivity index (χ1) is 14.3. The lowest BCUT2D eigenvalue weighted by atomic mass is 10.2. The van der Waals surface area contributed by atoms with E-state index in [4.69, 9.17) is 9.47 Å². The number of fused-ring (bicyclic) bond motifs is 3. The second-order valence-corrected chi connectivity index (χ2v) is 6.56. The Balaban J connectivity index is 1.59. The molecular weight excluding hydrogens is 368 g/mol. The van der Waals surface area contributed by atoms with Crippen LogP contribution in [-0.2, 0) is 6.54 Å². The number of rotatable bonds is 5. The monoisotopic (exact) mass is 386 g/mol. The fourth-order valence-electron chi connectivity index (χ4n) is 3.41. The van der Waals surface area contributed by atoms with E-state index < -0.39 is 0 Å². The van der Waals surface area contributed by atoms with E-state index in [0.717, 1.165) is 22.2 Å². The number of ether oxygens (including phenoxy) is 2. The Morgan fingerprint density at radius 3 is 2.52 bits per heavy atom. The molecular formula is C21H18N6O2. The van der Waals surface area contributed by atoms with E-state index in [-0.39, 0.29) is 0 Å². The summed E-state index contributed by atoms with van der Waals surface area (Å²) in [5, 5.41) is 14.1. The Hall–Kier alpha value is -3.94. The van der Waals surface area contributed by atoms with Crippen molar-refractivity contribution in [2.45, 2.75) is 6.54 Å². The number of methoxy groups -OCH3 is 2. The standard InChI is InChI=1S/C21H18N6O2/c1-28-17-9-8-15(10-18(17)29-2)19-24-25-21-16-11-23-27(20(16)22-13-26(19)21)12-14-6-4-3-5-7-14/h3-11,13H,12H2,1-2H3. The van der Waals surface area contributed by atoms with Crippen molar-refractivity contribution in [2.24, 2.45) is 0 Å². The van der Waals surface area contributed by atoms with Gasteiger partial charge in [-0.2, -0.15) is 5.10 Å². The van der Waals surface area contributed by atoms with Crippen molar-refractivity contribution in [3.63, 3.8) is 0 Å². The van der Waals surface area contributed by atoms with Crippen molar-refractivity contribution in [3.8, 4) is 22.9 Å². The Morgan fingerprint density at radius 1 is 0.897 bits per heavy atom. The van der Waals surface area contributed by atoms with Gasteiger partial charge in [-0.05, 0) is 23.8 Å². The van der Waals surface area contributed by atoms with Crippen LogP contribution in [-0.4, -0.2) is 43.6 Å². The Labute approximate surface area is 166 Å². The average Bonchev–Trinajstić information content (AvgIpc) is 3.38. The molecule has 0 amide bonds. The maximum atomic E-state index is 5.41. The van der Waals surface area contributed by atoms with Gasteiger partial charge in [0.25, 0.3) is 0 Å². The van der Waals surface area contributed by atoms with Crippen LogP contribution >= 0.6 is 0 Å². The Bertz CT molecular complexity index is 1310. The smallest absolute Gasteiger partial charge is 0.175 e. The van der Waals surface area contributed by atoms with Gasteiger partial charge in [0.15, 0.2) is 28.6 Å². The number of benzene rings is 2. The summed E-state index contributed by atoms with van der Waals surface area (Å²) in [7, 11) is 3.22. The molecule has 5 rings (SSSR count). The van der Waals surface area contributed by atoms with Gasteiger partial charge in [0.2, 0.25) is 0 Å². The molecule has 0 saturated carbocycles. The molecule has 8 nitrogen and oxygen atoms in total. The third kappa shape index (κ3) is 2.85. The van der Waals surface area contributed by atoms with Gasteiger partial charge in [-0.25, -0.2) is 9.67 Å². The molecule has 0 fully saturated rings. The third-order valence-corrected chi connectivity index (χ3v) is 4.86. The first-order valence-corrected chi connectivity index (χ1v) is 9.10. The molecule has 2 aromatic carbocycles. The highest BCUT2D eigenvalue weighted by Gasteiger charge is 2.16. The van der Waals surface area contributed by atoms with Crippen LogP contribution in [0, 0.1) is 0 Å². The molecule has 0 aliphatic carbocycles. The Kier molecular flexibility index (Phi) is 4.09. The zero-order valence-corrected chi connectivity index (χ0v) is 16.0. The van der Waals surface area contributed by atoms with Crippen LogP contribution in [0.25, 0.3) is 28.1 Å². The zero-order valence-electron chi connectivity index (χ0n) is 16.0. The molecule has 0 saturated heterocycles. The lowest BCUT2D eigenvalue weighted by Crippen LogP contribution is -2.03. The maximum Gasteiger partial charge on any atom is 0.175 e. The van der Waals surface area contributed by atoms with Crippen molar-refractivity contribution < 1.29 is 9.47 Å². The molecule has 5 aromatic rings. The quantitative estimate of drug-likeness (QED) is 0.461. The molecule has 3 aromatic heterocycles. The third-order valence-electron chi connectivity index (χ3n) is 4.86. The van der Waals surface area contributed by atoms with Gasteiger partial charge < -0.3 is 9.47 Å². The number of aromatic nitrogens is 6. The van der Waals surface area contributed by atoms with Crippen LogP contribution in [0.4, 0.5) is 0 Å². The Morgan fingerprint density at radius 2 is 1.72 bits per heavy atom. The first kappa shape index (κ1) is 17.2. The minimum Gasteiger partial charge on any atom is -0.493 e. The fourth-order valence-corrected chi connectivity index (χ4v) is 3.41. The highest BCUT2D eigenvalue weighted by atomic mass is 16.5. The van der Waals surface area contributed by atoms with Crippen molar-refractivity contribution in [1.29, 1.82) is 0 Å². The van der Waals surface area contributed by atoms with Crippen LogP contribution in [0.1, 0.15) is 5.56 Å². The number of hydrogen-bond donors (Lipinski definition) is 0. The van der Waals surface area contributed by atoms with E-state index in [9.17, 15) is 0 Å². The highest BCUT2D eigenvalue weighted by Crippen LogP contribution is 2.32. The van der Waals surface area contributed by atoms with Crippen LogP contribution in [0.15, 0.2) is 61.1 Å². The molecule has 0 N–H and O–H groups in total. The maximum absolute atomic E-state index is 5.41. The van der Waals surface area contributed by atoms with Gasteiger partial charge in [0, 0.05) is 5.56 Å². The SMILES string of the molecule is COc1ccc(-c2nnc3c4cnn(Cc5ccccc5)c4ncn23)cc1OC. The van der Waals surface area contributed by atoms with Gasteiger partial charge in [-0.1, -0.05) is 30.3 Å². The first-order valence-electron chi connectivity index (χ1n) is 9.10. The molecule has 0 bridgehead atoms. The minimum atomic E-state index is 0.631. The van der Waals surface area contributed by atoms with Crippen molar-refractivity contribution in [1.82, 2.24) is 29.4 Å². The van der Waals surface area contributed by atoms with E-state index in [2.05, 4.69) is 32.4 Å². The topological polar surface area (TPSA) is 79.4 Å². The molecule has 29 heavy (non-hydrogen) atoms. The van der Waals surface area contributed by atoms with Crippen LogP contribution in [0.2, 0.25) is 0 Å². The number of hydrogen-bond acceptors (Lipinski definition) is 6. The summed E-state index contributed by atoms with van der Waals surface area (Å²) in [6, 6.07) is 15.8. The largest absolute Gasteiger partial charge is 0.493 e. The van der Waals surface area contributed by atoms with E-state index in [1.54, 1.807) is 26.7 Å². The summed E-state index contributed by atoms with van der Waals surface area (Å²) in [4.78, 5) is 4.63. The summed E-state index contributed by atoms with van der Waals surface area (Å²) in [5.41, 5.74) is 3.49. The molecule has 0 unspecified atom stereocenters. The van der Waals surface area contributed by atoms with E-state index >= 15 is 0 Å². The summed E-state index contributed by atoms with van der Waals surface area (Å²) < 4.78 is 14.4. The fraction of sp³-hybridized carbons (Fsp3) is 0.143.